The van der Waals surface area contributed by atoms with Crippen LogP contribution in [0.3, 0.4) is 0 Å². The van der Waals surface area contributed by atoms with E-state index >= 15 is 0 Å². The standard InChI is InChI=1S/C13H19N3O2S/c1-8-3-5-10(12(14)17)7-16(8)13(18)15-11-6-4-9(2)19-11/h4,6,8,10H,3,5,7H2,1-2H3,(H2,14,17)(H,15,18)/t8-,10+/m1/s1. The summed E-state index contributed by atoms with van der Waals surface area (Å²) in [6.45, 7) is 4.40. The molecule has 0 spiro atoms. The van der Waals surface area contributed by atoms with Crippen molar-refractivity contribution in [1.29, 1.82) is 0 Å². The number of urea groups is 1. The Morgan fingerprint density at radius 1 is 1.42 bits per heavy atom. The highest BCUT2D eigenvalue weighted by atomic mass is 32.1. The second-order valence-electron chi connectivity index (χ2n) is 5.02. The molecule has 1 aromatic heterocycles. The van der Waals surface area contributed by atoms with Gasteiger partial charge in [-0.1, -0.05) is 0 Å². The van der Waals surface area contributed by atoms with Crippen LogP contribution in [0.2, 0.25) is 0 Å². The maximum Gasteiger partial charge on any atom is 0.322 e. The lowest BCUT2D eigenvalue weighted by Crippen LogP contribution is -2.50. The fraction of sp³-hybridized carbons (Fsp3) is 0.538. The molecule has 6 heteroatoms. The Morgan fingerprint density at radius 2 is 2.16 bits per heavy atom. The molecule has 1 fully saturated rings. The first-order chi connectivity index (χ1) is 8.97. The van der Waals surface area contributed by atoms with Crippen molar-refractivity contribution in [3.05, 3.63) is 17.0 Å². The monoisotopic (exact) mass is 281 g/mol. The maximum absolute atomic E-state index is 12.2. The van der Waals surface area contributed by atoms with E-state index in [9.17, 15) is 9.59 Å². The smallest absolute Gasteiger partial charge is 0.322 e. The van der Waals surface area contributed by atoms with Gasteiger partial charge in [-0.2, -0.15) is 0 Å². The van der Waals surface area contributed by atoms with Gasteiger partial charge in [0.25, 0.3) is 0 Å². The van der Waals surface area contributed by atoms with Crippen molar-refractivity contribution in [1.82, 2.24) is 4.90 Å². The molecular weight excluding hydrogens is 262 g/mol. The molecule has 2 rings (SSSR count). The third-order valence-corrected chi connectivity index (χ3v) is 4.43. The molecule has 1 aromatic rings. The molecule has 0 unspecified atom stereocenters. The fourth-order valence-electron chi connectivity index (χ4n) is 2.30. The van der Waals surface area contributed by atoms with E-state index in [1.807, 2.05) is 26.0 Å². The number of rotatable bonds is 2. The van der Waals surface area contributed by atoms with E-state index in [0.29, 0.717) is 6.54 Å². The van der Waals surface area contributed by atoms with Gasteiger partial charge in [0.1, 0.15) is 0 Å². The number of carbonyl (C=O) groups is 2. The second-order valence-corrected chi connectivity index (χ2v) is 6.31. The average Bonchev–Trinajstić information content (AvgIpc) is 2.74. The zero-order valence-electron chi connectivity index (χ0n) is 11.2. The van der Waals surface area contributed by atoms with Crippen molar-refractivity contribution < 1.29 is 9.59 Å². The molecule has 19 heavy (non-hydrogen) atoms. The van der Waals surface area contributed by atoms with Crippen molar-refractivity contribution >= 4 is 28.3 Å². The normalized spacial score (nSPS) is 23.2. The van der Waals surface area contributed by atoms with Gasteiger partial charge < -0.3 is 10.6 Å². The molecule has 0 aromatic carbocycles. The van der Waals surface area contributed by atoms with E-state index in [1.54, 1.807) is 4.90 Å². The molecule has 0 bridgehead atoms. The molecule has 1 saturated heterocycles. The van der Waals surface area contributed by atoms with Crippen molar-refractivity contribution in [2.45, 2.75) is 32.7 Å². The Hall–Kier alpha value is -1.56. The van der Waals surface area contributed by atoms with E-state index in [4.69, 9.17) is 5.73 Å². The molecule has 1 aliphatic rings. The molecule has 0 saturated carbocycles. The fourth-order valence-corrected chi connectivity index (χ4v) is 3.06. The number of anilines is 1. The van der Waals surface area contributed by atoms with Gasteiger partial charge in [-0.25, -0.2) is 4.79 Å². The van der Waals surface area contributed by atoms with E-state index in [-0.39, 0.29) is 23.9 Å². The number of piperidine rings is 1. The minimum Gasteiger partial charge on any atom is -0.369 e. The van der Waals surface area contributed by atoms with E-state index < -0.39 is 0 Å². The van der Waals surface area contributed by atoms with Crippen molar-refractivity contribution in [2.24, 2.45) is 11.7 Å². The summed E-state index contributed by atoms with van der Waals surface area (Å²) in [5.74, 6) is -0.552. The summed E-state index contributed by atoms with van der Waals surface area (Å²) in [4.78, 5) is 26.3. The summed E-state index contributed by atoms with van der Waals surface area (Å²) in [6.07, 6.45) is 1.57. The van der Waals surface area contributed by atoms with Crippen LogP contribution in [0.4, 0.5) is 9.80 Å². The van der Waals surface area contributed by atoms with Crippen LogP contribution >= 0.6 is 11.3 Å². The van der Waals surface area contributed by atoms with Gasteiger partial charge in [-0.15, -0.1) is 11.3 Å². The number of amides is 3. The molecule has 0 aliphatic carbocycles. The van der Waals surface area contributed by atoms with Crippen LogP contribution in [0.1, 0.15) is 24.6 Å². The van der Waals surface area contributed by atoms with Gasteiger partial charge in [0.2, 0.25) is 5.91 Å². The predicted molar refractivity (Wildman–Crippen MR) is 76.2 cm³/mol. The summed E-state index contributed by atoms with van der Waals surface area (Å²) in [5.41, 5.74) is 5.34. The molecule has 3 N–H and O–H groups in total. The Balaban J connectivity index is 2.02. The van der Waals surface area contributed by atoms with Crippen LogP contribution < -0.4 is 11.1 Å². The van der Waals surface area contributed by atoms with Crippen molar-refractivity contribution in [3.8, 4) is 0 Å². The van der Waals surface area contributed by atoms with Crippen molar-refractivity contribution in [3.63, 3.8) is 0 Å². The van der Waals surface area contributed by atoms with Gasteiger partial charge in [-0.05, 0) is 38.8 Å². The molecule has 2 heterocycles. The molecule has 3 amide bonds. The largest absolute Gasteiger partial charge is 0.369 e. The first-order valence-corrected chi connectivity index (χ1v) is 7.22. The minimum atomic E-state index is -0.323. The van der Waals surface area contributed by atoms with Crippen LogP contribution in [0, 0.1) is 12.8 Å². The van der Waals surface area contributed by atoms with E-state index in [1.165, 1.54) is 11.3 Å². The third-order valence-electron chi connectivity index (χ3n) is 3.52. The number of carbonyl (C=O) groups excluding carboxylic acids is 2. The topological polar surface area (TPSA) is 75.4 Å². The van der Waals surface area contributed by atoms with Gasteiger partial charge in [0.15, 0.2) is 0 Å². The van der Waals surface area contributed by atoms with E-state index in [0.717, 1.165) is 22.7 Å². The summed E-state index contributed by atoms with van der Waals surface area (Å²) >= 11 is 1.54. The Labute approximate surface area is 116 Å². The lowest BCUT2D eigenvalue weighted by Gasteiger charge is -2.36. The third kappa shape index (κ3) is 3.26. The van der Waals surface area contributed by atoms with Crippen molar-refractivity contribution in [2.75, 3.05) is 11.9 Å². The minimum absolute atomic E-state index is 0.136. The lowest BCUT2D eigenvalue weighted by molar-refractivity contribution is -0.123. The van der Waals surface area contributed by atoms with Gasteiger partial charge in [0, 0.05) is 17.5 Å². The van der Waals surface area contributed by atoms with Crippen LogP contribution in [0.15, 0.2) is 12.1 Å². The number of aryl methyl sites for hydroxylation is 1. The molecule has 104 valence electrons. The van der Waals surface area contributed by atoms with E-state index in [2.05, 4.69) is 5.32 Å². The number of primary amides is 1. The number of hydrogen-bond donors (Lipinski definition) is 2. The number of hydrogen-bond acceptors (Lipinski definition) is 3. The summed E-state index contributed by atoms with van der Waals surface area (Å²) < 4.78 is 0. The van der Waals surface area contributed by atoms with Crippen LogP contribution in [0.25, 0.3) is 0 Å². The van der Waals surface area contributed by atoms with Gasteiger partial charge in [-0.3, -0.25) is 10.1 Å². The molecular formula is C13H19N3O2S. The number of nitrogens with one attached hydrogen (secondary N) is 1. The summed E-state index contributed by atoms with van der Waals surface area (Å²) in [5, 5.41) is 3.71. The lowest BCUT2D eigenvalue weighted by atomic mass is 9.93. The Morgan fingerprint density at radius 3 is 2.74 bits per heavy atom. The maximum atomic E-state index is 12.2. The number of nitrogens with two attached hydrogens (primary N) is 1. The highest BCUT2D eigenvalue weighted by molar-refractivity contribution is 7.16. The van der Waals surface area contributed by atoms with Crippen LogP contribution in [0.5, 0.6) is 0 Å². The molecule has 1 aliphatic heterocycles. The summed E-state index contributed by atoms with van der Waals surface area (Å²) in [7, 11) is 0. The number of likely N-dealkylation sites (tertiary alicyclic amines) is 1. The van der Waals surface area contributed by atoms with Gasteiger partial charge >= 0.3 is 6.03 Å². The quantitative estimate of drug-likeness (QED) is 0.871. The van der Waals surface area contributed by atoms with Crippen LogP contribution in [-0.4, -0.2) is 29.4 Å². The van der Waals surface area contributed by atoms with Gasteiger partial charge in [0.05, 0.1) is 10.9 Å². The highest BCUT2D eigenvalue weighted by Crippen LogP contribution is 2.25. The molecule has 0 radical (unpaired) electrons. The number of thiophene rings is 1. The Bertz CT molecular complexity index is 486. The SMILES string of the molecule is Cc1ccc(NC(=O)N2C[C@@H](C(N)=O)CC[C@H]2C)s1. The Kier molecular flexibility index (Phi) is 4.09. The first-order valence-electron chi connectivity index (χ1n) is 6.40. The zero-order valence-corrected chi connectivity index (χ0v) is 12.0. The second kappa shape index (κ2) is 5.61. The highest BCUT2D eigenvalue weighted by Gasteiger charge is 2.31. The average molecular weight is 281 g/mol. The molecule has 5 nitrogen and oxygen atoms in total. The molecule has 2 atom stereocenters. The predicted octanol–water partition coefficient (Wildman–Crippen LogP) is 2.17. The number of nitrogens with zero attached hydrogens (tertiary/aromatic N) is 1. The first kappa shape index (κ1) is 13.9. The summed E-state index contributed by atoms with van der Waals surface area (Å²) in [6, 6.07) is 3.83. The van der Waals surface area contributed by atoms with Crippen LogP contribution in [-0.2, 0) is 4.79 Å². The zero-order chi connectivity index (χ0) is 14.0.